The van der Waals surface area contributed by atoms with Gasteiger partial charge in [0.2, 0.25) is 18.3 Å². The average molecular weight is 628 g/mol. The lowest BCUT2D eigenvalue weighted by Crippen LogP contribution is -2.08. The van der Waals surface area contributed by atoms with Gasteiger partial charge in [-0.3, -0.25) is 10.1 Å². The van der Waals surface area contributed by atoms with Gasteiger partial charge in [-0.2, -0.15) is 0 Å². The summed E-state index contributed by atoms with van der Waals surface area (Å²) in [5.74, 6) is 2.14. The number of halogens is 1. The number of non-ortho nitro benzene ring substituents is 1. The fraction of sp³-hybridized carbons (Fsp3) is 0.276. The van der Waals surface area contributed by atoms with Crippen LogP contribution in [0.4, 0.5) is 5.69 Å². The molecule has 0 saturated carbocycles. The number of carbonyl (C=O) groups is 1. The normalized spacial score (nSPS) is 16.4. The van der Waals surface area contributed by atoms with E-state index in [1.807, 2.05) is 12.1 Å². The molecule has 2 heterocycles. The van der Waals surface area contributed by atoms with Gasteiger partial charge in [0, 0.05) is 23.6 Å². The van der Waals surface area contributed by atoms with Crippen LogP contribution in [0.1, 0.15) is 16.7 Å². The molecule has 12 heteroatoms. The molecule has 0 spiro atoms. The maximum Gasteiger partial charge on any atom is 0.334 e. The zero-order chi connectivity index (χ0) is 29.1. The second-order valence-corrected chi connectivity index (χ2v) is 9.98. The average Bonchev–Trinajstić information content (AvgIpc) is 3.59. The molecule has 0 N–H and O–H groups in total. The molecular formula is C29H26BrNO10. The molecular weight excluding hydrogens is 602 g/mol. The second-order valence-electron chi connectivity index (χ2n) is 9.19. The molecule has 5 rings (SSSR count). The minimum Gasteiger partial charge on any atom is -0.493 e. The van der Waals surface area contributed by atoms with Crippen LogP contribution in [0.3, 0.4) is 0 Å². The first-order valence-corrected chi connectivity index (χ1v) is 13.3. The van der Waals surface area contributed by atoms with Crippen LogP contribution in [0, 0.1) is 16.0 Å². The largest absolute Gasteiger partial charge is 0.493 e. The predicted octanol–water partition coefficient (Wildman–Crippen LogP) is 5.49. The van der Waals surface area contributed by atoms with Gasteiger partial charge < -0.3 is 33.2 Å². The predicted molar refractivity (Wildman–Crippen MR) is 150 cm³/mol. The van der Waals surface area contributed by atoms with E-state index in [0.717, 1.165) is 5.56 Å². The molecule has 214 valence electrons. The molecule has 1 unspecified atom stereocenters. The zero-order valence-electron chi connectivity index (χ0n) is 22.4. The van der Waals surface area contributed by atoms with Crippen molar-refractivity contribution in [3.8, 4) is 34.5 Å². The van der Waals surface area contributed by atoms with Crippen molar-refractivity contribution in [1.29, 1.82) is 0 Å². The molecule has 0 aliphatic carbocycles. The van der Waals surface area contributed by atoms with E-state index in [1.54, 1.807) is 31.4 Å². The summed E-state index contributed by atoms with van der Waals surface area (Å²) in [5.41, 5.74) is 2.70. The van der Waals surface area contributed by atoms with Gasteiger partial charge in [0.1, 0.15) is 6.61 Å². The van der Waals surface area contributed by atoms with Crippen molar-refractivity contribution in [2.75, 3.05) is 34.7 Å². The van der Waals surface area contributed by atoms with Crippen LogP contribution in [0.2, 0.25) is 0 Å². The summed E-state index contributed by atoms with van der Waals surface area (Å²) < 4.78 is 39.7. The van der Waals surface area contributed by atoms with E-state index in [0.29, 0.717) is 62.1 Å². The van der Waals surface area contributed by atoms with Crippen LogP contribution < -0.4 is 28.4 Å². The fourth-order valence-corrected chi connectivity index (χ4v) is 5.20. The molecule has 0 bridgehead atoms. The van der Waals surface area contributed by atoms with Crippen molar-refractivity contribution in [3.63, 3.8) is 0 Å². The van der Waals surface area contributed by atoms with Crippen molar-refractivity contribution < 1.29 is 42.9 Å². The third-order valence-corrected chi connectivity index (χ3v) is 7.54. The summed E-state index contributed by atoms with van der Waals surface area (Å²) >= 11 is 3.61. The number of hydrogen-bond donors (Lipinski definition) is 0. The number of hydrogen-bond acceptors (Lipinski definition) is 10. The van der Waals surface area contributed by atoms with Gasteiger partial charge in [-0.15, -0.1) is 0 Å². The van der Waals surface area contributed by atoms with Gasteiger partial charge in [-0.05, 0) is 75.4 Å². The Kier molecular flexibility index (Phi) is 8.20. The highest BCUT2D eigenvalue weighted by Crippen LogP contribution is 2.47. The van der Waals surface area contributed by atoms with E-state index >= 15 is 0 Å². The van der Waals surface area contributed by atoms with Crippen molar-refractivity contribution >= 4 is 33.7 Å². The Morgan fingerprint density at radius 1 is 0.976 bits per heavy atom. The monoisotopic (exact) mass is 627 g/mol. The Labute approximate surface area is 243 Å². The number of cyclic esters (lactones) is 1. The van der Waals surface area contributed by atoms with Gasteiger partial charge in [-0.1, -0.05) is 0 Å². The van der Waals surface area contributed by atoms with Crippen LogP contribution >= 0.6 is 15.9 Å². The molecule has 0 radical (unpaired) electrons. The number of carbonyl (C=O) groups excluding carboxylic acids is 1. The Hall–Kier alpha value is -4.45. The molecule has 41 heavy (non-hydrogen) atoms. The van der Waals surface area contributed by atoms with Crippen LogP contribution in [0.5, 0.6) is 34.5 Å². The van der Waals surface area contributed by atoms with E-state index in [-0.39, 0.29) is 31.6 Å². The van der Waals surface area contributed by atoms with Crippen molar-refractivity contribution in [2.45, 2.75) is 13.0 Å². The van der Waals surface area contributed by atoms with Crippen LogP contribution in [0.15, 0.2) is 52.5 Å². The smallest absolute Gasteiger partial charge is 0.334 e. The van der Waals surface area contributed by atoms with E-state index in [1.165, 1.54) is 26.4 Å². The first kappa shape index (κ1) is 28.1. The van der Waals surface area contributed by atoms with Crippen LogP contribution in [-0.4, -0.2) is 45.6 Å². The number of ether oxygens (including phenoxy) is 7. The van der Waals surface area contributed by atoms with Crippen molar-refractivity contribution in [1.82, 2.24) is 0 Å². The SMILES string of the molecule is COc1cc(CC2COC(=O)/C2=C\c2cc(OC)c(OC)c(OCc3ccc([N+](=O)[O-])cc3)c2Br)cc2c1OCO2. The second kappa shape index (κ2) is 12.0. The van der Waals surface area contributed by atoms with Gasteiger partial charge in [0.25, 0.3) is 5.69 Å². The maximum atomic E-state index is 12.8. The Bertz CT molecular complexity index is 1520. The quantitative estimate of drug-likeness (QED) is 0.123. The standard InChI is InChI=1S/C29H26BrNO10/c1-35-22-9-17(10-24-26(22)41-15-40-24)8-19-14-39-29(32)21(19)11-18-12-23(36-2)27(37-3)28(25(18)30)38-13-16-4-6-20(7-5-16)31(33)34/h4-7,9-12,19H,8,13-15H2,1-3H3/b21-11-. The Balaban J connectivity index is 1.45. The third-order valence-electron chi connectivity index (χ3n) is 6.73. The first-order valence-electron chi connectivity index (χ1n) is 12.5. The van der Waals surface area contributed by atoms with Gasteiger partial charge in [-0.25, -0.2) is 4.79 Å². The lowest BCUT2D eigenvalue weighted by Gasteiger charge is -2.18. The van der Waals surface area contributed by atoms with Gasteiger partial charge >= 0.3 is 5.97 Å². The molecule has 11 nitrogen and oxygen atoms in total. The highest BCUT2D eigenvalue weighted by Gasteiger charge is 2.32. The van der Waals surface area contributed by atoms with E-state index in [2.05, 4.69) is 15.9 Å². The number of fused-ring (bicyclic) bond motifs is 1. The van der Waals surface area contributed by atoms with Crippen LogP contribution in [-0.2, 0) is 22.6 Å². The summed E-state index contributed by atoms with van der Waals surface area (Å²) in [6.07, 6.45) is 2.24. The number of nitro benzene ring substituents is 1. The number of methoxy groups -OCH3 is 3. The molecule has 2 aliphatic rings. The molecule has 1 atom stereocenters. The van der Waals surface area contributed by atoms with E-state index in [4.69, 9.17) is 33.2 Å². The van der Waals surface area contributed by atoms with Crippen LogP contribution in [0.25, 0.3) is 6.08 Å². The molecule has 1 fully saturated rings. The Morgan fingerprint density at radius 2 is 1.73 bits per heavy atom. The van der Waals surface area contributed by atoms with Crippen molar-refractivity contribution in [2.24, 2.45) is 5.92 Å². The lowest BCUT2D eigenvalue weighted by atomic mass is 9.92. The Morgan fingerprint density at radius 3 is 2.41 bits per heavy atom. The summed E-state index contributed by atoms with van der Waals surface area (Å²) in [6.45, 7) is 0.440. The molecule has 3 aromatic carbocycles. The van der Waals surface area contributed by atoms with E-state index < -0.39 is 10.9 Å². The minimum atomic E-state index is -0.462. The fourth-order valence-electron chi connectivity index (χ4n) is 4.68. The first-order chi connectivity index (χ1) is 19.8. The number of esters is 1. The minimum absolute atomic E-state index is 0.0139. The molecule has 3 aromatic rings. The summed E-state index contributed by atoms with van der Waals surface area (Å²) in [6, 6.07) is 11.5. The number of benzene rings is 3. The number of rotatable bonds is 10. The molecule has 2 aliphatic heterocycles. The highest BCUT2D eigenvalue weighted by atomic mass is 79.9. The highest BCUT2D eigenvalue weighted by molar-refractivity contribution is 9.10. The molecule has 0 amide bonds. The number of nitrogens with zero attached hydrogens (tertiary/aromatic N) is 1. The maximum absolute atomic E-state index is 12.8. The lowest BCUT2D eigenvalue weighted by molar-refractivity contribution is -0.384. The zero-order valence-corrected chi connectivity index (χ0v) is 24.0. The van der Waals surface area contributed by atoms with E-state index in [9.17, 15) is 14.9 Å². The topological polar surface area (TPSA) is 125 Å². The summed E-state index contributed by atoms with van der Waals surface area (Å²) in [5, 5.41) is 11.0. The molecule has 0 aromatic heterocycles. The third kappa shape index (κ3) is 5.73. The summed E-state index contributed by atoms with van der Waals surface area (Å²) in [7, 11) is 4.55. The summed E-state index contributed by atoms with van der Waals surface area (Å²) in [4.78, 5) is 23.4. The number of nitro groups is 1. The molecule has 1 saturated heterocycles. The van der Waals surface area contributed by atoms with Crippen molar-refractivity contribution in [3.05, 3.63) is 79.3 Å². The van der Waals surface area contributed by atoms with Gasteiger partial charge in [0.15, 0.2) is 23.0 Å². The van der Waals surface area contributed by atoms with Gasteiger partial charge in [0.05, 0.1) is 37.3 Å².